The van der Waals surface area contributed by atoms with Crippen LogP contribution < -0.4 is 0 Å². The van der Waals surface area contributed by atoms with Gasteiger partial charge in [0.1, 0.15) is 0 Å². The van der Waals surface area contributed by atoms with Crippen LogP contribution >= 0.6 is 0 Å². The van der Waals surface area contributed by atoms with Gasteiger partial charge in [0, 0.05) is 0 Å². The molecular weight excluding hydrogens is 300 g/mol. The van der Waals surface area contributed by atoms with Crippen LogP contribution in [0.25, 0.3) is 0 Å². The highest BCUT2D eigenvalue weighted by molar-refractivity contribution is 5.83. The predicted molar refractivity (Wildman–Crippen MR) is 83.7 cm³/mol. The van der Waals surface area contributed by atoms with Crippen molar-refractivity contribution in [3.63, 3.8) is 0 Å². The van der Waals surface area contributed by atoms with E-state index in [2.05, 4.69) is 0 Å². The van der Waals surface area contributed by atoms with Gasteiger partial charge in [0.2, 0.25) is 0 Å². The molecule has 0 amide bonds. The summed E-state index contributed by atoms with van der Waals surface area (Å²) in [4.78, 5) is 35.5. The summed E-state index contributed by atoms with van der Waals surface area (Å²) in [6, 6.07) is 0. The van der Waals surface area contributed by atoms with Gasteiger partial charge in [-0.1, -0.05) is 26.7 Å². The van der Waals surface area contributed by atoms with E-state index in [-0.39, 0.29) is 12.4 Å². The van der Waals surface area contributed by atoms with Gasteiger partial charge >= 0.3 is 17.9 Å². The summed E-state index contributed by atoms with van der Waals surface area (Å²) in [6.45, 7) is 4.68. The van der Waals surface area contributed by atoms with Crippen molar-refractivity contribution in [2.75, 3.05) is 13.2 Å². The van der Waals surface area contributed by atoms with Crippen molar-refractivity contribution < 1.29 is 29.0 Å². The van der Waals surface area contributed by atoms with Gasteiger partial charge in [-0.3, -0.25) is 14.4 Å². The molecule has 1 saturated carbocycles. The number of hydrogen-bond donors (Lipinski definition) is 1. The molecule has 6 heteroatoms. The van der Waals surface area contributed by atoms with Gasteiger partial charge in [-0.05, 0) is 32.1 Å². The Morgan fingerprint density at radius 2 is 1.48 bits per heavy atom. The van der Waals surface area contributed by atoms with E-state index in [0.29, 0.717) is 26.1 Å². The van der Waals surface area contributed by atoms with E-state index in [0.717, 1.165) is 25.7 Å². The molecule has 23 heavy (non-hydrogen) atoms. The first-order valence-electron chi connectivity index (χ1n) is 8.57. The molecule has 0 saturated heterocycles. The number of carbonyl (C=O) groups is 3. The highest BCUT2D eigenvalue weighted by atomic mass is 16.5. The van der Waals surface area contributed by atoms with E-state index in [1.54, 1.807) is 0 Å². The molecule has 3 unspecified atom stereocenters. The molecule has 1 rings (SSSR count). The van der Waals surface area contributed by atoms with E-state index in [1.807, 2.05) is 13.8 Å². The molecule has 3 atom stereocenters. The lowest BCUT2D eigenvalue weighted by atomic mass is 9.74. The van der Waals surface area contributed by atoms with Crippen LogP contribution in [-0.4, -0.2) is 36.2 Å². The molecule has 0 aromatic heterocycles. The molecule has 0 aliphatic heterocycles. The first kappa shape index (κ1) is 19.5. The number of aliphatic carboxylic acids is 1. The molecule has 0 radical (unpaired) electrons. The minimum Gasteiger partial charge on any atom is -0.481 e. The Labute approximate surface area is 137 Å². The molecule has 1 fully saturated rings. The Morgan fingerprint density at radius 1 is 0.913 bits per heavy atom. The Bertz CT molecular complexity index is 406. The van der Waals surface area contributed by atoms with Crippen molar-refractivity contribution in [1.82, 2.24) is 0 Å². The van der Waals surface area contributed by atoms with Gasteiger partial charge < -0.3 is 14.6 Å². The van der Waals surface area contributed by atoms with Crippen LogP contribution in [0, 0.1) is 17.8 Å². The number of ether oxygens (including phenoxy) is 2. The van der Waals surface area contributed by atoms with Crippen molar-refractivity contribution in [2.24, 2.45) is 17.8 Å². The molecule has 0 aromatic carbocycles. The number of hydrogen-bond acceptors (Lipinski definition) is 5. The minimum atomic E-state index is -1.05. The van der Waals surface area contributed by atoms with Crippen LogP contribution in [-0.2, 0) is 23.9 Å². The van der Waals surface area contributed by atoms with Crippen LogP contribution in [0.3, 0.4) is 0 Å². The molecule has 1 aliphatic carbocycles. The Kier molecular flexibility index (Phi) is 8.66. The maximum Gasteiger partial charge on any atom is 0.309 e. The Morgan fingerprint density at radius 3 is 2.00 bits per heavy atom. The number of carbonyl (C=O) groups excluding carboxylic acids is 2. The maximum absolute atomic E-state index is 12.1. The SMILES string of the molecule is CCCCOC(=O)C1CCC(C(=O)OCCCC)C(C(=O)O)C1. The van der Waals surface area contributed by atoms with Gasteiger partial charge in [0.15, 0.2) is 0 Å². The molecule has 1 aliphatic rings. The van der Waals surface area contributed by atoms with Gasteiger partial charge in [0.25, 0.3) is 0 Å². The normalized spacial score (nSPS) is 24.0. The summed E-state index contributed by atoms with van der Waals surface area (Å²) in [5.74, 6) is -3.82. The van der Waals surface area contributed by atoms with Gasteiger partial charge in [-0.25, -0.2) is 0 Å². The summed E-state index contributed by atoms with van der Waals surface area (Å²) < 4.78 is 10.3. The highest BCUT2D eigenvalue weighted by Crippen LogP contribution is 2.35. The van der Waals surface area contributed by atoms with Crippen molar-refractivity contribution in [3.8, 4) is 0 Å². The van der Waals surface area contributed by atoms with E-state index >= 15 is 0 Å². The fraction of sp³-hybridized carbons (Fsp3) is 0.824. The quantitative estimate of drug-likeness (QED) is 0.517. The lowest BCUT2D eigenvalue weighted by molar-refractivity contribution is -0.164. The summed E-state index contributed by atoms with van der Waals surface area (Å²) >= 11 is 0. The topological polar surface area (TPSA) is 89.9 Å². The monoisotopic (exact) mass is 328 g/mol. The molecule has 6 nitrogen and oxygen atoms in total. The number of carboxylic acid groups (broad SMARTS) is 1. The lowest BCUT2D eigenvalue weighted by Gasteiger charge is -2.31. The van der Waals surface area contributed by atoms with Crippen LogP contribution in [0.5, 0.6) is 0 Å². The zero-order valence-corrected chi connectivity index (χ0v) is 14.1. The second-order valence-electron chi connectivity index (χ2n) is 6.10. The highest BCUT2D eigenvalue weighted by Gasteiger charge is 2.42. The van der Waals surface area contributed by atoms with Crippen molar-refractivity contribution >= 4 is 17.9 Å². The Balaban J connectivity index is 2.58. The van der Waals surface area contributed by atoms with E-state index < -0.39 is 29.7 Å². The van der Waals surface area contributed by atoms with Gasteiger partial charge in [0.05, 0.1) is 31.0 Å². The Hall–Kier alpha value is -1.59. The molecule has 0 aromatic rings. The fourth-order valence-corrected chi connectivity index (χ4v) is 2.80. The molecule has 0 spiro atoms. The van der Waals surface area contributed by atoms with Crippen LogP contribution in [0.2, 0.25) is 0 Å². The third-order valence-electron chi connectivity index (χ3n) is 4.29. The molecular formula is C17H28O6. The third-order valence-corrected chi connectivity index (χ3v) is 4.29. The number of esters is 2. The van der Waals surface area contributed by atoms with Gasteiger partial charge in [-0.15, -0.1) is 0 Å². The first-order valence-corrected chi connectivity index (χ1v) is 8.57. The standard InChI is InChI=1S/C17H28O6/c1-3-5-9-22-16(20)12-7-8-13(14(11-12)15(18)19)17(21)23-10-6-4-2/h12-14H,3-11H2,1-2H3,(H,18,19). The molecule has 1 N–H and O–H groups in total. The summed E-state index contributed by atoms with van der Waals surface area (Å²) in [6.07, 6.45) is 4.38. The van der Waals surface area contributed by atoms with Gasteiger partial charge in [-0.2, -0.15) is 0 Å². The van der Waals surface area contributed by atoms with Crippen LogP contribution in [0.15, 0.2) is 0 Å². The van der Waals surface area contributed by atoms with Crippen molar-refractivity contribution in [1.29, 1.82) is 0 Å². The largest absolute Gasteiger partial charge is 0.481 e. The summed E-state index contributed by atoms with van der Waals surface area (Å²) in [5, 5.41) is 9.38. The zero-order chi connectivity index (χ0) is 17.2. The average molecular weight is 328 g/mol. The molecule has 0 heterocycles. The van der Waals surface area contributed by atoms with E-state index in [1.165, 1.54) is 0 Å². The smallest absolute Gasteiger partial charge is 0.309 e. The number of rotatable bonds is 9. The van der Waals surface area contributed by atoms with Crippen molar-refractivity contribution in [2.45, 2.75) is 58.8 Å². The number of unbranched alkanes of at least 4 members (excludes halogenated alkanes) is 2. The number of carboxylic acids is 1. The molecule has 0 bridgehead atoms. The van der Waals surface area contributed by atoms with E-state index in [9.17, 15) is 19.5 Å². The van der Waals surface area contributed by atoms with E-state index in [4.69, 9.17) is 9.47 Å². The fourth-order valence-electron chi connectivity index (χ4n) is 2.80. The van der Waals surface area contributed by atoms with Crippen molar-refractivity contribution in [3.05, 3.63) is 0 Å². The zero-order valence-electron chi connectivity index (χ0n) is 14.1. The maximum atomic E-state index is 12.1. The minimum absolute atomic E-state index is 0.147. The van der Waals surface area contributed by atoms with Crippen LogP contribution in [0.1, 0.15) is 58.8 Å². The molecule has 132 valence electrons. The van der Waals surface area contributed by atoms with Crippen LogP contribution in [0.4, 0.5) is 0 Å². The second kappa shape index (κ2) is 10.2. The first-order chi connectivity index (χ1) is 11.0. The predicted octanol–water partition coefficient (Wildman–Crippen LogP) is 2.79. The summed E-state index contributed by atoms with van der Waals surface area (Å²) in [5.41, 5.74) is 0. The second-order valence-corrected chi connectivity index (χ2v) is 6.10. The third kappa shape index (κ3) is 6.20. The average Bonchev–Trinajstić information content (AvgIpc) is 2.54. The lowest BCUT2D eigenvalue weighted by Crippen LogP contribution is -2.39. The summed E-state index contributed by atoms with van der Waals surface area (Å²) in [7, 11) is 0.